The van der Waals surface area contributed by atoms with Crippen molar-refractivity contribution in [3.05, 3.63) is 12.7 Å². The molecule has 0 aromatic rings. The normalized spacial score (nSPS) is 29.0. The first-order valence-electron chi connectivity index (χ1n) is 5.33. The summed E-state index contributed by atoms with van der Waals surface area (Å²) in [7, 11) is 0. The molecule has 0 aliphatic carbocycles. The van der Waals surface area contributed by atoms with Gasteiger partial charge in [-0.3, -0.25) is 0 Å². The lowest BCUT2D eigenvalue weighted by Crippen LogP contribution is -2.63. The largest absolute Gasteiger partial charge is 0.372 e. The first-order valence-corrected chi connectivity index (χ1v) is 5.33. The van der Waals surface area contributed by atoms with Gasteiger partial charge in [0.05, 0.1) is 19.1 Å². The molecule has 1 heterocycles. The van der Waals surface area contributed by atoms with E-state index in [2.05, 4.69) is 23.9 Å². The van der Waals surface area contributed by atoms with Crippen LogP contribution in [0.2, 0.25) is 0 Å². The van der Waals surface area contributed by atoms with E-state index in [-0.39, 0.29) is 6.04 Å². The van der Waals surface area contributed by atoms with E-state index < -0.39 is 6.23 Å². The van der Waals surface area contributed by atoms with Crippen molar-refractivity contribution in [2.24, 2.45) is 10.7 Å². The summed E-state index contributed by atoms with van der Waals surface area (Å²) in [5.74, 6) is 0. The number of nitrogens with zero attached hydrogens (tertiary/aromatic N) is 2. The van der Waals surface area contributed by atoms with Gasteiger partial charge in [-0.15, -0.1) is 12.0 Å². The number of quaternary nitrogens is 1. The van der Waals surface area contributed by atoms with Gasteiger partial charge in [-0.1, -0.05) is 6.08 Å². The lowest BCUT2D eigenvalue weighted by Gasteiger charge is -2.32. The zero-order valence-electron chi connectivity index (χ0n) is 9.26. The highest BCUT2D eigenvalue weighted by Crippen LogP contribution is 2.07. The summed E-state index contributed by atoms with van der Waals surface area (Å²) in [6, 6.07) is -0.321. The van der Waals surface area contributed by atoms with Crippen molar-refractivity contribution in [3.63, 3.8) is 0 Å². The number of aliphatic hydroxyl groups is 1. The van der Waals surface area contributed by atoms with Gasteiger partial charge in [0.1, 0.15) is 6.54 Å². The van der Waals surface area contributed by atoms with Crippen molar-refractivity contribution < 1.29 is 9.70 Å². The third-order valence-electron chi connectivity index (χ3n) is 2.73. The van der Waals surface area contributed by atoms with Gasteiger partial charge < -0.3 is 10.8 Å². The van der Waals surface area contributed by atoms with Crippen LogP contribution in [0.3, 0.4) is 0 Å². The quantitative estimate of drug-likeness (QED) is 0.319. The van der Waals surface area contributed by atoms with Gasteiger partial charge in [0, 0.05) is 0 Å². The third kappa shape index (κ3) is 3.10. The summed E-state index contributed by atoms with van der Waals surface area (Å²) >= 11 is 0. The Kier molecular flexibility index (Phi) is 4.41. The highest BCUT2D eigenvalue weighted by atomic mass is 16.3. The average molecular weight is 213 g/mol. The number of hydrogen-bond acceptors (Lipinski definition) is 4. The molecule has 0 fully saturated rings. The Labute approximate surface area is 90.8 Å². The highest BCUT2D eigenvalue weighted by Gasteiger charge is 2.31. The first-order chi connectivity index (χ1) is 7.13. The van der Waals surface area contributed by atoms with Crippen LogP contribution in [0.25, 0.3) is 0 Å². The number of aliphatic imine (C=N–C) groups is 1. The maximum absolute atomic E-state index is 9.84. The van der Waals surface area contributed by atoms with Gasteiger partial charge >= 0.3 is 0 Å². The number of nitrogens with one attached hydrogen (secondary N) is 1. The molecule has 15 heavy (non-hydrogen) atoms. The van der Waals surface area contributed by atoms with Crippen LogP contribution in [0.1, 0.15) is 13.3 Å². The van der Waals surface area contributed by atoms with Crippen LogP contribution < -0.4 is 11.2 Å². The van der Waals surface area contributed by atoms with E-state index in [1.807, 2.05) is 6.34 Å². The van der Waals surface area contributed by atoms with E-state index in [1.165, 1.54) is 0 Å². The molecule has 86 valence electrons. The lowest BCUT2D eigenvalue weighted by molar-refractivity contribution is -0.879. The van der Waals surface area contributed by atoms with Crippen molar-refractivity contribution in [1.29, 1.82) is 0 Å². The van der Waals surface area contributed by atoms with Crippen LogP contribution in [-0.4, -0.2) is 47.9 Å². The number of hydrogen-bond donors (Lipinski definition) is 3. The number of aliphatic hydroxyl groups excluding tert-OH is 1. The fraction of sp³-hybridized carbons (Fsp3) is 0.700. The molecule has 1 aliphatic rings. The Morgan fingerprint density at radius 3 is 3.00 bits per heavy atom. The lowest BCUT2D eigenvalue weighted by atomic mass is 10.2. The smallest absolute Gasteiger partial charge is 0.205 e. The summed E-state index contributed by atoms with van der Waals surface area (Å²) < 4.78 is 0.506. The van der Waals surface area contributed by atoms with Crippen LogP contribution in [0.5, 0.6) is 0 Å². The molecule has 0 radical (unpaired) electrons. The fourth-order valence-electron chi connectivity index (χ4n) is 1.62. The molecule has 1 aliphatic heterocycles. The number of likely N-dealkylation sites (N-methyl/N-ethyl adjacent to an activating group) is 1. The molecule has 0 spiro atoms. The second-order valence-electron chi connectivity index (χ2n) is 3.86. The van der Waals surface area contributed by atoms with E-state index in [0.717, 1.165) is 19.6 Å². The Balaban J connectivity index is 2.51. The standard InChI is InChI=1S/C10H21N4O/c1-3-5-9(11)10(15)13-14(4-2)7-6-12-8-14/h3,8-10,13,15H,1,4-7,11H2,2H3/q+1. The van der Waals surface area contributed by atoms with Crippen LogP contribution in [0.15, 0.2) is 17.6 Å². The topological polar surface area (TPSA) is 70.6 Å². The minimum absolute atomic E-state index is 0.321. The van der Waals surface area contributed by atoms with Gasteiger partial charge in [-0.05, 0) is 13.3 Å². The van der Waals surface area contributed by atoms with Gasteiger partial charge in [0.15, 0.2) is 6.23 Å². The van der Waals surface area contributed by atoms with Crippen LogP contribution in [-0.2, 0) is 0 Å². The predicted molar refractivity (Wildman–Crippen MR) is 61.0 cm³/mol. The molecule has 0 aromatic heterocycles. The van der Waals surface area contributed by atoms with E-state index in [1.54, 1.807) is 6.08 Å². The summed E-state index contributed by atoms with van der Waals surface area (Å²) in [6.07, 6.45) is 3.41. The highest BCUT2D eigenvalue weighted by molar-refractivity contribution is 5.47. The SMILES string of the molecule is C=CCC(N)C(O)N[N+]1(CC)C=NCC1. The van der Waals surface area contributed by atoms with E-state index >= 15 is 0 Å². The minimum Gasteiger partial charge on any atom is -0.372 e. The van der Waals surface area contributed by atoms with Crippen molar-refractivity contribution in [3.8, 4) is 0 Å². The monoisotopic (exact) mass is 213 g/mol. The van der Waals surface area contributed by atoms with Crippen molar-refractivity contribution in [2.75, 3.05) is 19.6 Å². The molecule has 0 bridgehead atoms. The van der Waals surface area contributed by atoms with Crippen LogP contribution in [0.4, 0.5) is 0 Å². The summed E-state index contributed by atoms with van der Waals surface area (Å²) in [4.78, 5) is 4.18. The number of nitrogens with two attached hydrogens (primary N) is 1. The van der Waals surface area contributed by atoms with Crippen molar-refractivity contribution in [2.45, 2.75) is 25.6 Å². The third-order valence-corrected chi connectivity index (χ3v) is 2.73. The first kappa shape index (κ1) is 12.3. The summed E-state index contributed by atoms with van der Waals surface area (Å²) in [6.45, 7) is 8.17. The molecule has 3 atom stereocenters. The van der Waals surface area contributed by atoms with Crippen LogP contribution >= 0.6 is 0 Å². The predicted octanol–water partition coefficient (Wildman–Crippen LogP) is -0.409. The molecule has 5 heteroatoms. The zero-order valence-corrected chi connectivity index (χ0v) is 9.26. The van der Waals surface area contributed by atoms with Gasteiger partial charge in [0.25, 0.3) is 0 Å². The van der Waals surface area contributed by atoms with E-state index in [4.69, 9.17) is 5.73 Å². The summed E-state index contributed by atoms with van der Waals surface area (Å²) in [5, 5.41) is 9.84. The Morgan fingerprint density at radius 1 is 1.80 bits per heavy atom. The molecule has 5 nitrogen and oxygen atoms in total. The summed E-state index contributed by atoms with van der Waals surface area (Å²) in [5.41, 5.74) is 8.88. The second-order valence-corrected chi connectivity index (χ2v) is 3.86. The van der Waals surface area contributed by atoms with Gasteiger partial charge in [-0.2, -0.15) is 0 Å². The zero-order chi connectivity index (χ0) is 11.3. The van der Waals surface area contributed by atoms with Crippen molar-refractivity contribution >= 4 is 6.34 Å². The fourth-order valence-corrected chi connectivity index (χ4v) is 1.62. The molecule has 0 saturated carbocycles. The van der Waals surface area contributed by atoms with E-state index in [0.29, 0.717) is 11.0 Å². The van der Waals surface area contributed by atoms with Crippen LogP contribution in [0, 0.1) is 0 Å². The molecule has 3 unspecified atom stereocenters. The molecular weight excluding hydrogens is 192 g/mol. The average Bonchev–Trinajstić information content (AvgIpc) is 2.67. The molecule has 0 amide bonds. The Bertz CT molecular complexity index is 244. The molecule has 4 N–H and O–H groups in total. The molecule has 0 saturated heterocycles. The van der Waals surface area contributed by atoms with Crippen molar-refractivity contribution in [1.82, 2.24) is 5.43 Å². The second kappa shape index (κ2) is 5.37. The number of rotatable bonds is 6. The van der Waals surface area contributed by atoms with Gasteiger partial charge in [-0.25, -0.2) is 9.58 Å². The molecular formula is C10H21N4O+. The Morgan fingerprint density at radius 2 is 2.53 bits per heavy atom. The molecule has 0 aromatic carbocycles. The van der Waals surface area contributed by atoms with Gasteiger partial charge in [0.2, 0.25) is 6.34 Å². The Hall–Kier alpha value is -0.750. The van der Waals surface area contributed by atoms with E-state index in [9.17, 15) is 5.11 Å². The maximum atomic E-state index is 9.84. The maximum Gasteiger partial charge on any atom is 0.205 e. The molecule has 1 rings (SSSR count). The minimum atomic E-state index is -0.729.